The topological polar surface area (TPSA) is 34.5 Å². The molecule has 4 heteroatoms. The Bertz CT molecular complexity index is 306. The van der Waals surface area contributed by atoms with Crippen LogP contribution < -0.4 is 0 Å². The van der Waals surface area contributed by atoms with Crippen molar-refractivity contribution < 1.29 is 4.74 Å². The third-order valence-electron chi connectivity index (χ3n) is 1.67. The van der Waals surface area contributed by atoms with Crippen LogP contribution in [-0.4, -0.2) is 17.9 Å². The molecule has 0 fully saturated rings. The van der Waals surface area contributed by atoms with Crippen molar-refractivity contribution in [2.45, 2.75) is 6.10 Å². The summed E-state index contributed by atoms with van der Waals surface area (Å²) in [6.45, 7) is 0.693. The summed E-state index contributed by atoms with van der Waals surface area (Å²) in [4.78, 5) is 8.03. The van der Waals surface area contributed by atoms with E-state index >= 15 is 0 Å². The van der Waals surface area contributed by atoms with Gasteiger partial charge in [0.1, 0.15) is 6.10 Å². The minimum Gasteiger partial charge on any atom is -0.474 e. The van der Waals surface area contributed by atoms with Crippen LogP contribution in [-0.2, 0) is 4.74 Å². The molecule has 0 radical (unpaired) electrons. The van der Waals surface area contributed by atoms with Gasteiger partial charge in [0.25, 0.3) is 0 Å². The lowest BCUT2D eigenvalue weighted by Crippen LogP contribution is -2.00. The van der Waals surface area contributed by atoms with Gasteiger partial charge in [0.2, 0.25) is 0 Å². The van der Waals surface area contributed by atoms with E-state index in [0.717, 1.165) is 10.0 Å². The zero-order valence-corrected chi connectivity index (χ0v) is 7.86. The van der Waals surface area contributed by atoms with Crippen LogP contribution in [0.4, 0.5) is 0 Å². The lowest BCUT2D eigenvalue weighted by molar-refractivity contribution is 0.239. The predicted molar refractivity (Wildman–Crippen MR) is 49.1 cm³/mol. The second kappa shape index (κ2) is 3.23. The van der Waals surface area contributed by atoms with Gasteiger partial charge in [-0.2, -0.15) is 0 Å². The first-order chi connectivity index (χ1) is 5.86. The summed E-state index contributed by atoms with van der Waals surface area (Å²) in [7, 11) is 0. The fourth-order valence-electron chi connectivity index (χ4n) is 1.09. The minimum atomic E-state index is 0.0509. The molecule has 0 spiro atoms. The molecule has 1 atom stereocenters. The molecule has 3 nitrogen and oxygen atoms in total. The Labute approximate surface area is 78.6 Å². The van der Waals surface area contributed by atoms with Crippen LogP contribution in [0.3, 0.4) is 0 Å². The first kappa shape index (κ1) is 7.73. The molecule has 1 unspecified atom stereocenters. The molecule has 2 heterocycles. The van der Waals surface area contributed by atoms with Gasteiger partial charge in [0, 0.05) is 22.4 Å². The molecule has 1 aromatic rings. The lowest BCUT2D eigenvalue weighted by atomic mass is 10.2. The molecular formula is C8H7BrN2O. The summed E-state index contributed by atoms with van der Waals surface area (Å²) in [6, 6.07) is 1.99. The fourth-order valence-corrected chi connectivity index (χ4v) is 1.47. The van der Waals surface area contributed by atoms with Crippen molar-refractivity contribution in [3.8, 4) is 0 Å². The number of hydrogen-bond acceptors (Lipinski definition) is 3. The highest BCUT2D eigenvalue weighted by molar-refractivity contribution is 9.10. The van der Waals surface area contributed by atoms with E-state index < -0.39 is 0 Å². The number of hydrogen-bond donors (Lipinski definition) is 0. The average Bonchev–Trinajstić information content (AvgIpc) is 2.56. The molecule has 0 amide bonds. The van der Waals surface area contributed by atoms with E-state index in [1.54, 1.807) is 12.4 Å². The highest BCUT2D eigenvalue weighted by Crippen LogP contribution is 2.21. The third-order valence-corrected chi connectivity index (χ3v) is 2.10. The highest BCUT2D eigenvalue weighted by Gasteiger charge is 2.15. The van der Waals surface area contributed by atoms with Gasteiger partial charge in [-0.25, -0.2) is 0 Å². The Balaban J connectivity index is 2.22. The van der Waals surface area contributed by atoms with E-state index in [2.05, 4.69) is 25.9 Å². The highest BCUT2D eigenvalue weighted by atomic mass is 79.9. The molecule has 0 saturated carbocycles. The van der Waals surface area contributed by atoms with Crippen molar-refractivity contribution in [2.24, 2.45) is 4.99 Å². The smallest absolute Gasteiger partial charge is 0.170 e. The van der Waals surface area contributed by atoms with E-state index in [1.165, 1.54) is 6.40 Å². The second-order valence-corrected chi connectivity index (χ2v) is 3.45. The zero-order valence-electron chi connectivity index (χ0n) is 6.27. The van der Waals surface area contributed by atoms with Gasteiger partial charge in [-0.3, -0.25) is 9.98 Å². The number of pyridine rings is 1. The van der Waals surface area contributed by atoms with Crippen molar-refractivity contribution in [3.05, 3.63) is 28.5 Å². The Kier molecular flexibility index (Phi) is 2.08. The monoisotopic (exact) mass is 226 g/mol. The van der Waals surface area contributed by atoms with Crippen LogP contribution in [0.25, 0.3) is 0 Å². The van der Waals surface area contributed by atoms with Gasteiger partial charge in [0.15, 0.2) is 6.40 Å². The second-order valence-electron chi connectivity index (χ2n) is 2.53. The van der Waals surface area contributed by atoms with Crippen molar-refractivity contribution in [1.29, 1.82) is 0 Å². The zero-order chi connectivity index (χ0) is 8.39. The summed E-state index contributed by atoms with van der Waals surface area (Å²) >= 11 is 3.35. The molecule has 1 aromatic heterocycles. The van der Waals surface area contributed by atoms with Crippen LogP contribution in [0.5, 0.6) is 0 Å². The largest absolute Gasteiger partial charge is 0.474 e. The Hall–Kier alpha value is -0.900. The van der Waals surface area contributed by atoms with Gasteiger partial charge in [-0.15, -0.1) is 0 Å². The molecule has 0 N–H and O–H groups in total. The number of ether oxygens (including phenoxy) is 1. The van der Waals surface area contributed by atoms with Gasteiger partial charge >= 0.3 is 0 Å². The molecule has 1 aliphatic rings. The van der Waals surface area contributed by atoms with E-state index in [-0.39, 0.29) is 6.10 Å². The number of halogens is 1. The first-order valence-corrected chi connectivity index (χ1v) is 4.40. The van der Waals surface area contributed by atoms with Gasteiger partial charge in [-0.05, 0) is 22.0 Å². The minimum absolute atomic E-state index is 0.0509. The molecule has 2 rings (SSSR count). The SMILES string of the molecule is Brc1cncc(C2CN=CO2)c1. The summed E-state index contributed by atoms with van der Waals surface area (Å²) < 4.78 is 6.21. The van der Waals surface area contributed by atoms with Gasteiger partial charge in [0.05, 0.1) is 6.54 Å². The number of nitrogens with zero attached hydrogens (tertiary/aromatic N) is 2. The van der Waals surface area contributed by atoms with Crippen LogP contribution in [0.1, 0.15) is 11.7 Å². The molecule has 0 saturated heterocycles. The van der Waals surface area contributed by atoms with Crippen molar-refractivity contribution in [3.63, 3.8) is 0 Å². The fraction of sp³-hybridized carbons (Fsp3) is 0.250. The molecule has 0 bridgehead atoms. The maximum Gasteiger partial charge on any atom is 0.170 e. The number of aromatic nitrogens is 1. The maximum atomic E-state index is 5.24. The van der Waals surface area contributed by atoms with Gasteiger partial charge in [-0.1, -0.05) is 0 Å². The molecule has 62 valence electrons. The van der Waals surface area contributed by atoms with Crippen LogP contribution in [0, 0.1) is 0 Å². The van der Waals surface area contributed by atoms with Gasteiger partial charge < -0.3 is 4.74 Å². The summed E-state index contributed by atoms with van der Waals surface area (Å²) in [5.41, 5.74) is 1.06. The van der Waals surface area contributed by atoms with Crippen molar-refractivity contribution in [1.82, 2.24) is 4.98 Å². The van der Waals surface area contributed by atoms with Crippen LogP contribution >= 0.6 is 15.9 Å². The maximum absolute atomic E-state index is 5.24. The Morgan fingerprint density at radius 3 is 3.08 bits per heavy atom. The average molecular weight is 227 g/mol. The standard InChI is InChI=1S/C8H7BrN2O/c9-7-1-6(2-10-3-7)8-4-11-5-12-8/h1-3,5,8H,4H2. The van der Waals surface area contributed by atoms with Crippen LogP contribution in [0.2, 0.25) is 0 Å². The normalized spacial score (nSPS) is 20.9. The molecule has 12 heavy (non-hydrogen) atoms. The summed E-state index contributed by atoms with van der Waals surface area (Å²) in [6.07, 6.45) is 5.09. The van der Waals surface area contributed by atoms with Crippen molar-refractivity contribution >= 4 is 22.3 Å². The molecule has 0 aromatic carbocycles. The molecule has 1 aliphatic heterocycles. The van der Waals surface area contributed by atoms with E-state index in [4.69, 9.17) is 4.74 Å². The molecule has 0 aliphatic carbocycles. The van der Waals surface area contributed by atoms with Crippen LogP contribution in [0.15, 0.2) is 27.9 Å². The van der Waals surface area contributed by atoms with E-state index in [1.807, 2.05) is 6.07 Å². The van der Waals surface area contributed by atoms with E-state index in [9.17, 15) is 0 Å². The molecular weight excluding hydrogens is 220 g/mol. The third kappa shape index (κ3) is 1.48. The number of rotatable bonds is 1. The lowest BCUT2D eigenvalue weighted by Gasteiger charge is -2.07. The quantitative estimate of drug-likeness (QED) is 0.734. The summed E-state index contributed by atoms with van der Waals surface area (Å²) in [5.74, 6) is 0. The number of aliphatic imine (C=N–C) groups is 1. The predicted octanol–water partition coefficient (Wildman–Crippen LogP) is 1.94. The Morgan fingerprint density at radius 1 is 1.50 bits per heavy atom. The van der Waals surface area contributed by atoms with E-state index in [0.29, 0.717) is 6.54 Å². The summed E-state index contributed by atoms with van der Waals surface area (Å²) in [5, 5.41) is 0. The van der Waals surface area contributed by atoms with Crippen molar-refractivity contribution in [2.75, 3.05) is 6.54 Å². The first-order valence-electron chi connectivity index (χ1n) is 3.60. The Morgan fingerprint density at radius 2 is 2.42 bits per heavy atom.